The van der Waals surface area contributed by atoms with E-state index in [2.05, 4.69) is 22.2 Å². The minimum Gasteiger partial charge on any atom is -0.477 e. The molecular weight excluding hydrogens is 214 g/mol. The average molecular weight is 231 g/mol. The second kappa shape index (κ2) is 5.48. The average Bonchev–Trinajstić information content (AvgIpc) is 2.37. The van der Waals surface area contributed by atoms with Crippen LogP contribution in [0, 0.1) is 0 Å². The monoisotopic (exact) mass is 231 g/mol. The smallest absolute Gasteiger partial charge is 0.226 e. The van der Waals surface area contributed by atoms with Gasteiger partial charge in [0, 0.05) is 6.54 Å². The molecule has 1 aromatic carbocycles. The molecule has 17 heavy (non-hydrogen) atoms. The summed E-state index contributed by atoms with van der Waals surface area (Å²) < 4.78 is 5.55. The molecular formula is C13H17N3O. The third-order valence-electron chi connectivity index (χ3n) is 2.38. The van der Waals surface area contributed by atoms with E-state index in [1.54, 1.807) is 0 Å². The van der Waals surface area contributed by atoms with Crippen molar-refractivity contribution < 1.29 is 4.74 Å². The van der Waals surface area contributed by atoms with Gasteiger partial charge in [-0.1, -0.05) is 19.1 Å². The first kappa shape index (κ1) is 11.6. The van der Waals surface area contributed by atoms with Crippen LogP contribution in [-0.4, -0.2) is 23.1 Å². The Morgan fingerprint density at radius 2 is 2.00 bits per heavy atom. The highest BCUT2D eigenvalue weighted by Crippen LogP contribution is 2.23. The van der Waals surface area contributed by atoms with Gasteiger partial charge in [0.2, 0.25) is 11.8 Å². The van der Waals surface area contributed by atoms with Crippen molar-refractivity contribution in [3.05, 3.63) is 24.3 Å². The fourth-order valence-electron chi connectivity index (χ4n) is 1.61. The molecule has 2 rings (SSSR count). The summed E-state index contributed by atoms with van der Waals surface area (Å²) in [6.45, 7) is 5.53. The number of ether oxygens (including phenoxy) is 1. The van der Waals surface area contributed by atoms with E-state index in [4.69, 9.17) is 4.74 Å². The topological polar surface area (TPSA) is 47.0 Å². The molecule has 0 aliphatic carbocycles. The Morgan fingerprint density at radius 3 is 2.76 bits per heavy atom. The van der Waals surface area contributed by atoms with Crippen LogP contribution < -0.4 is 10.1 Å². The van der Waals surface area contributed by atoms with Crippen LogP contribution in [0.4, 0.5) is 5.95 Å². The van der Waals surface area contributed by atoms with Crippen molar-refractivity contribution in [2.24, 2.45) is 0 Å². The molecule has 0 atom stereocenters. The summed E-state index contributed by atoms with van der Waals surface area (Å²) in [5.74, 6) is 1.28. The number of hydrogen-bond donors (Lipinski definition) is 1. The van der Waals surface area contributed by atoms with E-state index in [1.165, 1.54) is 0 Å². The molecule has 1 heterocycles. The number of fused-ring (bicyclic) bond motifs is 1. The second-order valence-corrected chi connectivity index (χ2v) is 3.73. The van der Waals surface area contributed by atoms with Gasteiger partial charge in [0.15, 0.2) is 0 Å². The first-order chi connectivity index (χ1) is 8.35. The van der Waals surface area contributed by atoms with E-state index in [0.29, 0.717) is 18.4 Å². The molecule has 1 aromatic heterocycles. The van der Waals surface area contributed by atoms with Gasteiger partial charge in [0.1, 0.15) is 0 Å². The molecule has 0 aliphatic heterocycles. The molecule has 0 saturated carbocycles. The first-order valence-electron chi connectivity index (χ1n) is 5.98. The van der Waals surface area contributed by atoms with Gasteiger partial charge in [-0.3, -0.25) is 0 Å². The Balaban J connectivity index is 2.43. The van der Waals surface area contributed by atoms with Crippen LogP contribution >= 0.6 is 0 Å². The molecule has 0 spiro atoms. The molecule has 4 heteroatoms. The number of para-hydroxylation sites is 1. The van der Waals surface area contributed by atoms with Gasteiger partial charge < -0.3 is 10.1 Å². The predicted molar refractivity (Wildman–Crippen MR) is 69.5 cm³/mol. The maximum absolute atomic E-state index is 5.55. The molecule has 0 fully saturated rings. The van der Waals surface area contributed by atoms with Crippen molar-refractivity contribution >= 4 is 16.9 Å². The van der Waals surface area contributed by atoms with Crippen LogP contribution in [0.1, 0.15) is 20.3 Å². The van der Waals surface area contributed by atoms with Crippen LogP contribution in [-0.2, 0) is 0 Å². The number of benzene rings is 1. The highest BCUT2D eigenvalue weighted by Gasteiger charge is 2.07. The standard InChI is InChI=1S/C13H17N3O/c1-3-9-14-13-15-11-8-6-5-7-10(11)12(16-13)17-4-2/h5-8H,3-4,9H2,1-2H3,(H,14,15,16). The van der Waals surface area contributed by atoms with Gasteiger partial charge in [-0.05, 0) is 25.5 Å². The fourth-order valence-corrected chi connectivity index (χ4v) is 1.61. The van der Waals surface area contributed by atoms with E-state index in [0.717, 1.165) is 23.9 Å². The summed E-state index contributed by atoms with van der Waals surface area (Å²) in [7, 11) is 0. The lowest BCUT2D eigenvalue weighted by Gasteiger charge is -2.09. The number of hydrogen-bond acceptors (Lipinski definition) is 4. The molecule has 90 valence electrons. The van der Waals surface area contributed by atoms with Crippen LogP contribution in [0.3, 0.4) is 0 Å². The zero-order valence-corrected chi connectivity index (χ0v) is 10.2. The summed E-state index contributed by atoms with van der Waals surface area (Å²) in [6, 6.07) is 7.88. The third kappa shape index (κ3) is 2.64. The lowest BCUT2D eigenvalue weighted by Crippen LogP contribution is -2.06. The Bertz CT molecular complexity index is 499. The van der Waals surface area contributed by atoms with Crippen molar-refractivity contribution in [2.45, 2.75) is 20.3 Å². The predicted octanol–water partition coefficient (Wildman–Crippen LogP) is 2.85. The van der Waals surface area contributed by atoms with Crippen LogP contribution in [0.2, 0.25) is 0 Å². The SMILES string of the molecule is CCCNc1nc(OCC)c2ccccc2n1. The summed E-state index contributed by atoms with van der Waals surface area (Å²) in [5, 5.41) is 4.14. The molecule has 0 saturated heterocycles. The summed E-state index contributed by atoms with van der Waals surface area (Å²) >= 11 is 0. The number of rotatable bonds is 5. The number of nitrogens with zero attached hydrogens (tertiary/aromatic N) is 2. The second-order valence-electron chi connectivity index (χ2n) is 3.73. The van der Waals surface area contributed by atoms with Gasteiger partial charge >= 0.3 is 0 Å². The maximum Gasteiger partial charge on any atom is 0.226 e. The molecule has 0 unspecified atom stereocenters. The number of anilines is 1. The van der Waals surface area contributed by atoms with Crippen molar-refractivity contribution in [3.63, 3.8) is 0 Å². The maximum atomic E-state index is 5.55. The van der Waals surface area contributed by atoms with Crippen LogP contribution in [0.5, 0.6) is 5.88 Å². The molecule has 0 amide bonds. The molecule has 2 aromatic rings. The highest BCUT2D eigenvalue weighted by atomic mass is 16.5. The van der Waals surface area contributed by atoms with E-state index < -0.39 is 0 Å². The summed E-state index contributed by atoms with van der Waals surface area (Å²) in [4.78, 5) is 8.84. The van der Waals surface area contributed by atoms with Gasteiger partial charge in [-0.15, -0.1) is 0 Å². The molecule has 0 bridgehead atoms. The normalized spacial score (nSPS) is 10.5. The molecule has 0 aliphatic rings. The largest absolute Gasteiger partial charge is 0.477 e. The molecule has 1 N–H and O–H groups in total. The van der Waals surface area contributed by atoms with E-state index in [1.807, 2.05) is 31.2 Å². The molecule has 4 nitrogen and oxygen atoms in total. The minimum atomic E-state index is 0.605. The number of aromatic nitrogens is 2. The minimum absolute atomic E-state index is 0.605. The zero-order valence-electron chi connectivity index (χ0n) is 10.2. The Labute approximate surface area is 101 Å². The quantitative estimate of drug-likeness (QED) is 0.859. The van der Waals surface area contributed by atoms with Crippen LogP contribution in [0.15, 0.2) is 24.3 Å². The van der Waals surface area contributed by atoms with Crippen LogP contribution in [0.25, 0.3) is 10.9 Å². The van der Waals surface area contributed by atoms with E-state index in [9.17, 15) is 0 Å². The van der Waals surface area contributed by atoms with Gasteiger partial charge in [0.25, 0.3) is 0 Å². The van der Waals surface area contributed by atoms with E-state index in [-0.39, 0.29) is 0 Å². The van der Waals surface area contributed by atoms with Crippen molar-refractivity contribution in [1.82, 2.24) is 9.97 Å². The number of nitrogens with one attached hydrogen (secondary N) is 1. The summed E-state index contributed by atoms with van der Waals surface area (Å²) in [6.07, 6.45) is 1.04. The highest BCUT2D eigenvalue weighted by molar-refractivity contribution is 5.84. The lowest BCUT2D eigenvalue weighted by molar-refractivity contribution is 0.331. The van der Waals surface area contributed by atoms with Crippen molar-refractivity contribution in [2.75, 3.05) is 18.5 Å². The van der Waals surface area contributed by atoms with Crippen molar-refractivity contribution in [3.8, 4) is 5.88 Å². The third-order valence-corrected chi connectivity index (χ3v) is 2.38. The van der Waals surface area contributed by atoms with Gasteiger partial charge in [-0.2, -0.15) is 4.98 Å². The Hall–Kier alpha value is -1.84. The van der Waals surface area contributed by atoms with Gasteiger partial charge in [0.05, 0.1) is 17.5 Å². The fraction of sp³-hybridized carbons (Fsp3) is 0.385. The zero-order chi connectivity index (χ0) is 12.1. The van der Waals surface area contributed by atoms with Crippen molar-refractivity contribution in [1.29, 1.82) is 0 Å². The molecule has 0 radical (unpaired) electrons. The Morgan fingerprint density at radius 1 is 1.18 bits per heavy atom. The first-order valence-corrected chi connectivity index (χ1v) is 5.98. The Kier molecular flexibility index (Phi) is 3.75. The lowest BCUT2D eigenvalue weighted by atomic mass is 10.2. The van der Waals surface area contributed by atoms with E-state index >= 15 is 0 Å². The van der Waals surface area contributed by atoms with Gasteiger partial charge in [-0.25, -0.2) is 4.98 Å². The summed E-state index contributed by atoms with van der Waals surface area (Å²) in [5.41, 5.74) is 0.907.